The van der Waals surface area contributed by atoms with Crippen molar-refractivity contribution in [2.24, 2.45) is 22.7 Å². The van der Waals surface area contributed by atoms with Crippen LogP contribution < -0.4 is 0 Å². The third-order valence-electron chi connectivity index (χ3n) is 6.83. The molecule has 1 saturated carbocycles. The molecule has 0 unspecified atom stereocenters. The molecule has 1 aromatic carbocycles. The largest absolute Gasteiger partial charge is 0.512 e. The third-order valence-corrected chi connectivity index (χ3v) is 6.83. The second kappa shape index (κ2) is 7.09. The minimum atomic E-state index is -0.354. The van der Waals surface area contributed by atoms with Crippen LogP contribution in [0.1, 0.15) is 58.9 Å². The van der Waals surface area contributed by atoms with Crippen LogP contribution in [-0.2, 0) is 20.7 Å². The van der Waals surface area contributed by atoms with E-state index in [1.54, 1.807) is 0 Å². The highest BCUT2D eigenvalue weighted by molar-refractivity contribution is 5.99. The summed E-state index contributed by atoms with van der Waals surface area (Å²) in [6, 6.07) is 10.1. The molecule has 1 aliphatic heterocycles. The molecule has 1 aromatic rings. The Bertz CT molecular complexity index is 849. The van der Waals surface area contributed by atoms with Crippen molar-refractivity contribution >= 4 is 11.6 Å². The Morgan fingerprint density at radius 2 is 1.66 bits per heavy atom. The second-order valence-corrected chi connectivity index (χ2v) is 10.8. The molecule has 4 heteroatoms. The quantitative estimate of drug-likeness (QED) is 0.796. The number of allylic oxidation sites excluding steroid dienone is 1. The number of aliphatic hydroxyl groups excluding tert-OH is 1. The smallest absolute Gasteiger partial charge is 0.163 e. The van der Waals surface area contributed by atoms with Gasteiger partial charge in [0.15, 0.2) is 5.78 Å². The van der Waals surface area contributed by atoms with E-state index >= 15 is 0 Å². The molecule has 0 amide bonds. The zero-order valence-corrected chi connectivity index (χ0v) is 17.9. The zero-order valence-electron chi connectivity index (χ0n) is 17.9. The van der Waals surface area contributed by atoms with Crippen LogP contribution in [-0.4, -0.2) is 28.9 Å². The molecular weight excluding hydrogens is 364 g/mol. The Kier molecular flexibility index (Phi) is 4.97. The summed E-state index contributed by atoms with van der Waals surface area (Å²) in [6.07, 6.45) is 2.36. The van der Waals surface area contributed by atoms with Gasteiger partial charge in [0.25, 0.3) is 0 Å². The topological polar surface area (TPSA) is 63.6 Å². The number of benzene rings is 1. The van der Waals surface area contributed by atoms with Crippen molar-refractivity contribution in [3.8, 4) is 0 Å². The average Bonchev–Trinajstić information content (AvgIpc) is 2.90. The van der Waals surface area contributed by atoms with Crippen LogP contribution in [0.15, 0.2) is 41.7 Å². The van der Waals surface area contributed by atoms with Crippen molar-refractivity contribution in [2.75, 3.05) is 0 Å². The number of Topliss-reactive ketones (excluding diaryl/α,β-unsaturated/α-hetero) is 2. The van der Waals surface area contributed by atoms with Crippen LogP contribution in [0.4, 0.5) is 0 Å². The van der Waals surface area contributed by atoms with E-state index in [0.717, 1.165) is 12.0 Å². The number of rotatable bonds is 3. The highest BCUT2D eigenvalue weighted by Crippen LogP contribution is 2.51. The van der Waals surface area contributed by atoms with E-state index in [2.05, 4.69) is 13.8 Å². The van der Waals surface area contributed by atoms with E-state index in [-0.39, 0.29) is 52.2 Å². The Morgan fingerprint density at radius 3 is 2.31 bits per heavy atom. The molecule has 2 aliphatic carbocycles. The highest BCUT2D eigenvalue weighted by atomic mass is 16.5. The lowest BCUT2D eigenvalue weighted by Crippen LogP contribution is -2.43. The first kappa shape index (κ1) is 20.3. The summed E-state index contributed by atoms with van der Waals surface area (Å²) in [5.74, 6) is -0.379. The summed E-state index contributed by atoms with van der Waals surface area (Å²) in [7, 11) is 0. The van der Waals surface area contributed by atoms with Gasteiger partial charge in [0.2, 0.25) is 0 Å². The normalized spacial score (nSPS) is 33.7. The number of ketones is 2. The molecule has 1 heterocycles. The van der Waals surface area contributed by atoms with E-state index in [1.165, 1.54) is 0 Å². The number of fused-ring (bicyclic) bond motifs is 1. The van der Waals surface area contributed by atoms with Crippen LogP contribution >= 0.6 is 0 Å². The van der Waals surface area contributed by atoms with Gasteiger partial charge in [0, 0.05) is 30.8 Å². The maximum atomic E-state index is 13.2. The Morgan fingerprint density at radius 1 is 0.966 bits per heavy atom. The summed E-state index contributed by atoms with van der Waals surface area (Å²) in [5.41, 5.74) is 1.23. The van der Waals surface area contributed by atoms with Gasteiger partial charge < -0.3 is 9.84 Å². The van der Waals surface area contributed by atoms with Crippen molar-refractivity contribution in [1.82, 2.24) is 0 Å². The van der Waals surface area contributed by atoms with Crippen molar-refractivity contribution < 1.29 is 19.4 Å². The number of hydrogen-bond acceptors (Lipinski definition) is 4. The van der Waals surface area contributed by atoms with Crippen molar-refractivity contribution in [3.63, 3.8) is 0 Å². The molecule has 0 bridgehead atoms. The lowest BCUT2D eigenvalue weighted by Gasteiger charge is -2.38. The van der Waals surface area contributed by atoms with Crippen molar-refractivity contribution in [2.45, 2.75) is 72.0 Å². The van der Waals surface area contributed by atoms with E-state index in [0.29, 0.717) is 31.3 Å². The first-order chi connectivity index (χ1) is 13.6. The predicted molar refractivity (Wildman–Crippen MR) is 111 cm³/mol. The van der Waals surface area contributed by atoms with Crippen molar-refractivity contribution in [1.29, 1.82) is 0 Å². The fourth-order valence-electron chi connectivity index (χ4n) is 5.71. The van der Waals surface area contributed by atoms with Gasteiger partial charge in [-0.3, -0.25) is 9.59 Å². The van der Waals surface area contributed by atoms with Gasteiger partial charge in [-0.1, -0.05) is 58.0 Å². The highest BCUT2D eigenvalue weighted by Gasteiger charge is 2.56. The monoisotopic (exact) mass is 396 g/mol. The van der Waals surface area contributed by atoms with Crippen LogP contribution in [0.3, 0.4) is 0 Å². The van der Waals surface area contributed by atoms with E-state index in [1.807, 2.05) is 44.2 Å². The van der Waals surface area contributed by atoms with Gasteiger partial charge in [0.05, 0.1) is 23.9 Å². The fourth-order valence-corrected chi connectivity index (χ4v) is 5.71. The second-order valence-electron chi connectivity index (χ2n) is 10.8. The summed E-state index contributed by atoms with van der Waals surface area (Å²) in [6.45, 7) is 8.22. The molecule has 1 saturated heterocycles. The molecule has 4 rings (SSSR count). The number of carbonyl (C=O) groups excluding carboxylic acids is 2. The molecule has 2 fully saturated rings. The predicted octanol–water partition coefficient (Wildman–Crippen LogP) is 4.82. The van der Waals surface area contributed by atoms with Crippen molar-refractivity contribution in [3.05, 3.63) is 47.2 Å². The molecule has 1 N–H and O–H groups in total. The summed E-state index contributed by atoms with van der Waals surface area (Å²) < 4.78 is 6.47. The molecule has 4 nitrogen and oxygen atoms in total. The fraction of sp³-hybridized carbons (Fsp3) is 0.600. The summed E-state index contributed by atoms with van der Waals surface area (Å²) in [5, 5.41) is 10.9. The zero-order chi connectivity index (χ0) is 21.0. The molecule has 3 aliphatic rings. The molecule has 0 spiro atoms. The first-order valence-corrected chi connectivity index (χ1v) is 10.7. The van der Waals surface area contributed by atoms with Gasteiger partial charge >= 0.3 is 0 Å². The number of aliphatic hydroxyl groups is 1. The first-order valence-electron chi connectivity index (χ1n) is 10.7. The lowest BCUT2D eigenvalue weighted by molar-refractivity contribution is -0.132. The summed E-state index contributed by atoms with van der Waals surface area (Å²) in [4.78, 5) is 26.3. The Balaban J connectivity index is 1.74. The average molecular weight is 397 g/mol. The van der Waals surface area contributed by atoms with Crippen LogP contribution in [0.25, 0.3) is 0 Å². The molecule has 4 atom stereocenters. The molecule has 29 heavy (non-hydrogen) atoms. The molecule has 0 aromatic heterocycles. The maximum absolute atomic E-state index is 13.2. The van der Waals surface area contributed by atoms with E-state index < -0.39 is 0 Å². The van der Waals surface area contributed by atoms with Crippen LogP contribution in [0.5, 0.6) is 0 Å². The van der Waals surface area contributed by atoms with Gasteiger partial charge in [-0.15, -0.1) is 0 Å². The Labute approximate surface area is 173 Å². The Hall–Kier alpha value is -1.94. The van der Waals surface area contributed by atoms with Gasteiger partial charge in [-0.2, -0.15) is 0 Å². The van der Waals surface area contributed by atoms with E-state index in [9.17, 15) is 14.7 Å². The minimum absolute atomic E-state index is 0.0244. The maximum Gasteiger partial charge on any atom is 0.163 e. The third kappa shape index (κ3) is 3.92. The number of carbonyl (C=O) groups is 2. The standard InChI is InChI=1S/C25H32O4/c1-24(2)11-16(26)21(17(27)12-24)23-19(10-15-8-6-5-7-9-15)29-20-14-25(3,4)13-18(28)22(20)23/h5-9,19-20,22-23,26H,10-14H2,1-4H3/t19-,20+,22+,23-/m0/s1. The van der Waals surface area contributed by atoms with Gasteiger partial charge in [-0.05, 0) is 29.2 Å². The molecule has 0 radical (unpaired) electrons. The van der Waals surface area contributed by atoms with E-state index in [4.69, 9.17) is 4.74 Å². The molecular formula is C25H32O4. The molecule has 156 valence electrons. The number of hydrogen-bond donors (Lipinski definition) is 1. The lowest BCUT2D eigenvalue weighted by atomic mass is 9.63. The van der Waals surface area contributed by atoms with Crippen LogP contribution in [0.2, 0.25) is 0 Å². The number of ether oxygens (including phenoxy) is 1. The van der Waals surface area contributed by atoms with Gasteiger partial charge in [0.1, 0.15) is 5.78 Å². The minimum Gasteiger partial charge on any atom is -0.512 e. The summed E-state index contributed by atoms with van der Waals surface area (Å²) >= 11 is 0. The SMILES string of the molecule is CC1(C)CC(=O)C([C@H]2[C@@H]3C(=O)CC(C)(C)C[C@H]3O[C@H]2Cc2ccccc2)=C(O)C1. The van der Waals surface area contributed by atoms with Gasteiger partial charge in [-0.25, -0.2) is 0 Å². The van der Waals surface area contributed by atoms with Crippen LogP contribution in [0, 0.1) is 22.7 Å².